The molecule has 0 radical (unpaired) electrons. The first-order valence-corrected chi connectivity index (χ1v) is 4.67. The Kier molecular flexibility index (Phi) is 5.24. The Bertz CT molecular complexity index is 235. The lowest BCUT2D eigenvalue weighted by molar-refractivity contribution is -0.870. The highest BCUT2D eigenvalue weighted by molar-refractivity contribution is 5.81. The second-order valence-corrected chi connectivity index (χ2v) is 4.39. The zero-order valence-electron chi connectivity index (χ0n) is 9.40. The number of likely N-dealkylation sites (N-methyl/N-ethyl adjacent to an activating group) is 1. The summed E-state index contributed by atoms with van der Waals surface area (Å²) < 4.78 is 5.51. The van der Waals surface area contributed by atoms with Crippen LogP contribution in [-0.2, 0) is 14.3 Å². The van der Waals surface area contributed by atoms with Crippen LogP contribution in [0.1, 0.15) is 6.42 Å². The molecule has 0 fully saturated rings. The van der Waals surface area contributed by atoms with Crippen LogP contribution in [0, 0.1) is 0 Å². The van der Waals surface area contributed by atoms with Crippen LogP contribution in [0.25, 0.3) is 0 Å². The highest BCUT2D eigenvalue weighted by Gasteiger charge is 2.19. The van der Waals surface area contributed by atoms with Gasteiger partial charge in [0.25, 0.3) is 0 Å². The van der Waals surface area contributed by atoms with E-state index in [0.29, 0.717) is 11.0 Å². The molecule has 88 valence electrons. The fourth-order valence-corrected chi connectivity index (χ4v) is 0.799. The van der Waals surface area contributed by atoms with Gasteiger partial charge in [0.05, 0.1) is 27.6 Å². The topological polar surface area (TPSA) is 89.6 Å². The van der Waals surface area contributed by atoms with Crippen LogP contribution in [0.3, 0.4) is 0 Å². The van der Waals surface area contributed by atoms with E-state index in [9.17, 15) is 9.59 Å². The minimum atomic E-state index is -1.11. The standard InChI is InChI=1S/C9H18N2O4/c1-11(2,3)4-5-15-9(14)7(10)6-8(12)13/h7H,4-6,10H2,1-3H3/p+1/t7-/m0/s1. The number of quaternary nitrogens is 1. The smallest absolute Gasteiger partial charge is 0.323 e. The number of carboxylic acids is 1. The Morgan fingerprint density at radius 1 is 1.40 bits per heavy atom. The minimum Gasteiger partial charge on any atom is -0.481 e. The first-order valence-electron chi connectivity index (χ1n) is 4.67. The lowest BCUT2D eigenvalue weighted by atomic mass is 10.2. The van der Waals surface area contributed by atoms with Crippen molar-refractivity contribution in [3.05, 3.63) is 0 Å². The lowest BCUT2D eigenvalue weighted by Gasteiger charge is -2.23. The van der Waals surface area contributed by atoms with Crippen molar-refractivity contribution in [2.75, 3.05) is 34.3 Å². The number of aliphatic carboxylic acids is 1. The van der Waals surface area contributed by atoms with Crippen molar-refractivity contribution in [2.45, 2.75) is 12.5 Å². The van der Waals surface area contributed by atoms with Gasteiger partial charge < -0.3 is 20.1 Å². The molecule has 1 atom stereocenters. The van der Waals surface area contributed by atoms with E-state index in [4.69, 9.17) is 15.6 Å². The molecule has 6 heteroatoms. The number of ether oxygens (including phenoxy) is 1. The van der Waals surface area contributed by atoms with Gasteiger partial charge in [-0.05, 0) is 0 Å². The molecule has 0 aromatic rings. The number of carbonyl (C=O) groups is 2. The summed E-state index contributed by atoms with van der Waals surface area (Å²) in [7, 11) is 5.89. The van der Waals surface area contributed by atoms with Crippen molar-refractivity contribution in [3.8, 4) is 0 Å². The molecule has 0 saturated carbocycles. The monoisotopic (exact) mass is 219 g/mol. The molecule has 0 aromatic heterocycles. The number of rotatable bonds is 6. The van der Waals surface area contributed by atoms with E-state index in [-0.39, 0.29) is 6.61 Å². The first kappa shape index (κ1) is 13.9. The van der Waals surface area contributed by atoms with E-state index >= 15 is 0 Å². The van der Waals surface area contributed by atoms with Gasteiger partial charge in [-0.3, -0.25) is 9.59 Å². The molecule has 15 heavy (non-hydrogen) atoms. The fraction of sp³-hybridized carbons (Fsp3) is 0.778. The minimum absolute atomic E-state index is 0.246. The third-order valence-corrected chi connectivity index (χ3v) is 1.70. The number of carbonyl (C=O) groups excluding carboxylic acids is 1. The van der Waals surface area contributed by atoms with Crippen molar-refractivity contribution in [2.24, 2.45) is 5.73 Å². The number of esters is 1. The van der Waals surface area contributed by atoms with E-state index in [2.05, 4.69) is 0 Å². The molecular weight excluding hydrogens is 200 g/mol. The normalized spacial score (nSPS) is 13.3. The molecular formula is C9H19N2O4+. The molecule has 0 aliphatic carbocycles. The van der Waals surface area contributed by atoms with Gasteiger partial charge in [-0.15, -0.1) is 0 Å². The number of carboxylic acid groups (broad SMARTS) is 1. The van der Waals surface area contributed by atoms with Crippen LogP contribution < -0.4 is 5.73 Å². The van der Waals surface area contributed by atoms with Crippen molar-refractivity contribution >= 4 is 11.9 Å². The van der Waals surface area contributed by atoms with E-state index in [0.717, 1.165) is 0 Å². The molecule has 0 saturated heterocycles. The van der Waals surface area contributed by atoms with Gasteiger partial charge in [-0.25, -0.2) is 0 Å². The molecule has 0 heterocycles. The predicted molar refractivity (Wildman–Crippen MR) is 54.1 cm³/mol. The molecule has 0 aliphatic heterocycles. The second-order valence-electron chi connectivity index (χ2n) is 4.39. The maximum atomic E-state index is 11.1. The first-order chi connectivity index (χ1) is 6.72. The molecule has 0 amide bonds. The quantitative estimate of drug-likeness (QED) is 0.443. The average molecular weight is 219 g/mol. The van der Waals surface area contributed by atoms with E-state index in [1.807, 2.05) is 21.1 Å². The molecule has 0 spiro atoms. The average Bonchev–Trinajstić information content (AvgIpc) is 2.00. The van der Waals surface area contributed by atoms with Gasteiger partial charge in [0, 0.05) is 0 Å². The van der Waals surface area contributed by atoms with Crippen molar-refractivity contribution in [3.63, 3.8) is 0 Å². The Balaban J connectivity index is 3.79. The Labute approximate surface area is 89.2 Å². The molecule has 0 rings (SSSR count). The van der Waals surface area contributed by atoms with E-state index < -0.39 is 24.4 Å². The summed E-state index contributed by atoms with van der Waals surface area (Å²) in [6.45, 7) is 0.904. The molecule has 6 nitrogen and oxygen atoms in total. The number of nitrogens with zero attached hydrogens (tertiary/aromatic N) is 1. The van der Waals surface area contributed by atoms with Gasteiger partial charge in [0.1, 0.15) is 19.2 Å². The Morgan fingerprint density at radius 3 is 2.33 bits per heavy atom. The summed E-state index contributed by atoms with van der Waals surface area (Å²) in [4.78, 5) is 21.4. The van der Waals surface area contributed by atoms with Crippen molar-refractivity contribution < 1.29 is 23.9 Å². The van der Waals surface area contributed by atoms with Crippen LogP contribution in [0.5, 0.6) is 0 Å². The zero-order valence-corrected chi connectivity index (χ0v) is 9.40. The highest BCUT2D eigenvalue weighted by Crippen LogP contribution is 1.95. The lowest BCUT2D eigenvalue weighted by Crippen LogP contribution is -2.40. The number of hydrogen-bond acceptors (Lipinski definition) is 4. The molecule has 0 aromatic carbocycles. The van der Waals surface area contributed by atoms with Crippen molar-refractivity contribution in [1.29, 1.82) is 0 Å². The largest absolute Gasteiger partial charge is 0.481 e. The summed E-state index contributed by atoms with van der Waals surface area (Å²) in [6.07, 6.45) is -0.400. The maximum Gasteiger partial charge on any atom is 0.323 e. The van der Waals surface area contributed by atoms with Crippen LogP contribution in [0.2, 0.25) is 0 Å². The molecule has 3 N–H and O–H groups in total. The summed E-state index contributed by atoms with van der Waals surface area (Å²) in [5.41, 5.74) is 5.31. The van der Waals surface area contributed by atoms with E-state index in [1.165, 1.54) is 0 Å². The van der Waals surface area contributed by atoms with Gasteiger partial charge in [-0.2, -0.15) is 0 Å². The van der Waals surface area contributed by atoms with Gasteiger partial charge in [0.15, 0.2) is 0 Å². The predicted octanol–water partition coefficient (Wildman–Crippen LogP) is -0.962. The van der Waals surface area contributed by atoms with Crippen LogP contribution >= 0.6 is 0 Å². The van der Waals surface area contributed by atoms with Crippen molar-refractivity contribution in [1.82, 2.24) is 0 Å². The maximum absolute atomic E-state index is 11.1. The van der Waals surface area contributed by atoms with Crippen LogP contribution in [-0.4, -0.2) is 61.9 Å². The molecule has 0 unspecified atom stereocenters. The number of nitrogens with two attached hydrogens (primary N) is 1. The fourth-order valence-electron chi connectivity index (χ4n) is 0.799. The summed E-state index contributed by atoms with van der Waals surface area (Å²) >= 11 is 0. The highest BCUT2D eigenvalue weighted by atomic mass is 16.5. The molecule has 0 bridgehead atoms. The van der Waals surface area contributed by atoms with E-state index in [1.54, 1.807) is 0 Å². The van der Waals surface area contributed by atoms with Crippen LogP contribution in [0.4, 0.5) is 0 Å². The third-order valence-electron chi connectivity index (χ3n) is 1.70. The molecule has 0 aliphatic rings. The Morgan fingerprint density at radius 2 is 1.93 bits per heavy atom. The number of hydrogen-bond donors (Lipinski definition) is 2. The second kappa shape index (κ2) is 5.67. The van der Waals surface area contributed by atoms with Gasteiger partial charge in [-0.1, -0.05) is 0 Å². The summed E-state index contributed by atoms with van der Waals surface area (Å²) in [5.74, 6) is -1.77. The zero-order chi connectivity index (χ0) is 12.1. The van der Waals surface area contributed by atoms with Crippen LogP contribution in [0.15, 0.2) is 0 Å². The SMILES string of the molecule is C[N+](C)(C)CCOC(=O)[C@@H](N)CC(=O)O. The summed E-state index contributed by atoms with van der Waals surface area (Å²) in [5, 5.41) is 8.40. The summed E-state index contributed by atoms with van der Waals surface area (Å²) in [6, 6.07) is -1.07. The van der Waals surface area contributed by atoms with Gasteiger partial charge >= 0.3 is 11.9 Å². The third kappa shape index (κ3) is 7.90. The van der Waals surface area contributed by atoms with Gasteiger partial charge in [0.2, 0.25) is 0 Å². The Hall–Kier alpha value is -1.14.